The number of fused-ring (bicyclic) bond motifs is 1. The van der Waals surface area contributed by atoms with Crippen molar-refractivity contribution in [1.29, 1.82) is 0 Å². The van der Waals surface area contributed by atoms with Gasteiger partial charge in [0, 0.05) is 10.9 Å². The molecule has 1 aliphatic carbocycles. The van der Waals surface area contributed by atoms with E-state index in [1.807, 2.05) is 0 Å². The average Bonchev–Trinajstić information content (AvgIpc) is 2.39. The fourth-order valence-electron chi connectivity index (χ4n) is 4.26. The minimum Gasteiger partial charge on any atom is -0.125 e. The van der Waals surface area contributed by atoms with Gasteiger partial charge in [-0.1, -0.05) is 69.5 Å². The molecule has 0 saturated heterocycles. The van der Waals surface area contributed by atoms with Gasteiger partial charge in [-0.15, -0.1) is 5.54 Å². The zero-order chi connectivity index (χ0) is 16.5. The van der Waals surface area contributed by atoms with E-state index in [4.69, 9.17) is 0 Å². The number of hydrogen-bond acceptors (Lipinski definition) is 0. The normalized spacial score (nSPS) is 13.9. The lowest BCUT2D eigenvalue weighted by atomic mass is 9.82. The molecule has 0 atom stereocenters. The summed E-state index contributed by atoms with van der Waals surface area (Å²) in [5.41, 5.74) is 11.8. The standard InChI is InChI=1S/C20H29BrSi/c1-14(2)22(15(3)4,16(5)6)12-11-17-7-8-18(13-21)20-10-9-19(17)20/h7-8,14-16H,9-10,13H2,1-6H3. The van der Waals surface area contributed by atoms with Gasteiger partial charge >= 0.3 is 0 Å². The monoisotopic (exact) mass is 376 g/mol. The largest absolute Gasteiger partial charge is 0.146 e. The maximum absolute atomic E-state index is 3.86. The van der Waals surface area contributed by atoms with Gasteiger partial charge in [0.25, 0.3) is 0 Å². The van der Waals surface area contributed by atoms with Gasteiger partial charge in [0.1, 0.15) is 8.07 Å². The van der Waals surface area contributed by atoms with Crippen molar-refractivity contribution in [3.8, 4) is 11.5 Å². The van der Waals surface area contributed by atoms with Crippen LogP contribution in [0.1, 0.15) is 63.8 Å². The summed E-state index contributed by atoms with van der Waals surface area (Å²) in [7, 11) is -1.62. The first-order valence-electron chi connectivity index (χ1n) is 8.57. The van der Waals surface area contributed by atoms with Crippen LogP contribution in [0.3, 0.4) is 0 Å². The molecule has 2 rings (SSSR count). The Kier molecular flexibility index (Phi) is 5.62. The second kappa shape index (κ2) is 6.93. The van der Waals surface area contributed by atoms with Crippen molar-refractivity contribution >= 4 is 24.0 Å². The van der Waals surface area contributed by atoms with Crippen LogP contribution in [0.2, 0.25) is 16.6 Å². The van der Waals surface area contributed by atoms with Gasteiger partial charge in [0.2, 0.25) is 0 Å². The summed E-state index contributed by atoms with van der Waals surface area (Å²) in [6.07, 6.45) is 2.44. The second-order valence-electron chi connectivity index (χ2n) is 7.51. The highest BCUT2D eigenvalue weighted by Crippen LogP contribution is 2.41. The van der Waals surface area contributed by atoms with E-state index in [0.29, 0.717) is 16.6 Å². The summed E-state index contributed by atoms with van der Waals surface area (Å²) < 4.78 is 0. The van der Waals surface area contributed by atoms with Crippen molar-refractivity contribution in [2.45, 2.75) is 76.3 Å². The number of halogens is 1. The summed E-state index contributed by atoms with van der Waals surface area (Å²) in [5.74, 6) is 3.64. The predicted molar refractivity (Wildman–Crippen MR) is 104 cm³/mol. The van der Waals surface area contributed by atoms with Gasteiger partial charge in [-0.3, -0.25) is 0 Å². The molecule has 1 aromatic rings. The van der Waals surface area contributed by atoms with Crippen molar-refractivity contribution < 1.29 is 0 Å². The maximum atomic E-state index is 3.86. The Morgan fingerprint density at radius 1 is 0.955 bits per heavy atom. The van der Waals surface area contributed by atoms with Gasteiger partial charge in [-0.2, -0.15) is 0 Å². The van der Waals surface area contributed by atoms with Crippen molar-refractivity contribution in [1.82, 2.24) is 0 Å². The van der Waals surface area contributed by atoms with Gasteiger partial charge in [0.15, 0.2) is 0 Å². The molecular weight excluding hydrogens is 348 g/mol. The summed E-state index contributed by atoms with van der Waals surface area (Å²) in [6.45, 7) is 14.3. The topological polar surface area (TPSA) is 0 Å². The second-order valence-corrected chi connectivity index (χ2v) is 13.7. The number of hydrogen-bond donors (Lipinski definition) is 0. The average molecular weight is 377 g/mol. The molecule has 0 fully saturated rings. The van der Waals surface area contributed by atoms with Gasteiger partial charge < -0.3 is 0 Å². The third kappa shape index (κ3) is 2.95. The van der Waals surface area contributed by atoms with Crippen LogP contribution in [0.25, 0.3) is 0 Å². The molecule has 0 radical (unpaired) electrons. The molecule has 0 saturated carbocycles. The first-order chi connectivity index (χ1) is 10.3. The number of rotatable bonds is 4. The van der Waals surface area contributed by atoms with Crippen LogP contribution in [-0.2, 0) is 18.2 Å². The van der Waals surface area contributed by atoms with Gasteiger partial charge in [0.05, 0.1) is 0 Å². The fourth-order valence-corrected chi connectivity index (χ4v) is 10.0. The molecule has 0 spiro atoms. The summed E-state index contributed by atoms with van der Waals surface area (Å²) >= 11 is 3.60. The van der Waals surface area contributed by atoms with Gasteiger partial charge in [-0.25, -0.2) is 0 Å². The Bertz CT molecular complexity index is 580. The Labute approximate surface area is 146 Å². The van der Waals surface area contributed by atoms with E-state index in [-0.39, 0.29) is 0 Å². The fraction of sp³-hybridized carbons (Fsp3) is 0.600. The lowest BCUT2D eigenvalue weighted by Crippen LogP contribution is -2.43. The highest BCUT2D eigenvalue weighted by atomic mass is 79.9. The van der Waals surface area contributed by atoms with Crippen molar-refractivity contribution in [2.24, 2.45) is 0 Å². The molecule has 1 aromatic carbocycles. The molecule has 22 heavy (non-hydrogen) atoms. The molecule has 0 amide bonds. The van der Waals surface area contributed by atoms with E-state index in [9.17, 15) is 0 Å². The van der Waals surface area contributed by atoms with E-state index in [1.165, 1.54) is 29.5 Å². The van der Waals surface area contributed by atoms with Crippen LogP contribution in [0.5, 0.6) is 0 Å². The van der Waals surface area contributed by atoms with E-state index in [0.717, 1.165) is 5.33 Å². The molecule has 2 heteroatoms. The highest BCUT2D eigenvalue weighted by molar-refractivity contribution is 9.08. The van der Waals surface area contributed by atoms with E-state index < -0.39 is 8.07 Å². The zero-order valence-electron chi connectivity index (χ0n) is 14.9. The minimum absolute atomic E-state index is 0.702. The quantitative estimate of drug-likeness (QED) is 0.330. The van der Waals surface area contributed by atoms with Crippen molar-refractivity contribution in [2.75, 3.05) is 0 Å². The van der Waals surface area contributed by atoms with Crippen LogP contribution in [-0.4, -0.2) is 8.07 Å². The van der Waals surface area contributed by atoms with Crippen molar-refractivity contribution in [3.63, 3.8) is 0 Å². The van der Waals surface area contributed by atoms with Crippen LogP contribution >= 0.6 is 15.9 Å². The molecule has 0 nitrogen and oxygen atoms in total. The smallest absolute Gasteiger partial charge is 0.125 e. The number of benzene rings is 1. The molecule has 0 aromatic heterocycles. The molecule has 1 aliphatic rings. The van der Waals surface area contributed by atoms with Crippen molar-refractivity contribution in [3.05, 3.63) is 34.4 Å². The Balaban J connectivity index is 2.46. The van der Waals surface area contributed by atoms with Gasteiger partial charge in [-0.05, 0) is 52.2 Å². The third-order valence-electron chi connectivity index (χ3n) is 5.58. The summed E-state index contributed by atoms with van der Waals surface area (Å²) in [4.78, 5) is 0. The highest BCUT2D eigenvalue weighted by Gasteiger charge is 2.41. The van der Waals surface area contributed by atoms with E-state index >= 15 is 0 Å². The van der Waals surface area contributed by atoms with Crippen LogP contribution in [0.4, 0.5) is 0 Å². The van der Waals surface area contributed by atoms with Crippen LogP contribution in [0.15, 0.2) is 12.1 Å². The Morgan fingerprint density at radius 2 is 1.50 bits per heavy atom. The molecule has 0 heterocycles. The molecule has 0 unspecified atom stereocenters. The van der Waals surface area contributed by atoms with Crippen LogP contribution < -0.4 is 0 Å². The van der Waals surface area contributed by atoms with E-state index in [1.54, 1.807) is 5.56 Å². The minimum atomic E-state index is -1.62. The molecule has 0 N–H and O–H groups in total. The predicted octanol–water partition coefficient (Wildman–Crippen LogP) is 6.25. The molecule has 120 valence electrons. The summed E-state index contributed by atoms with van der Waals surface area (Å²) in [5, 5.41) is 0.964. The maximum Gasteiger partial charge on any atom is 0.146 e. The van der Waals surface area contributed by atoms with E-state index in [2.05, 4.69) is 81.1 Å². The molecule has 0 bridgehead atoms. The zero-order valence-corrected chi connectivity index (χ0v) is 17.5. The SMILES string of the molecule is CC(C)[Si](C#Cc1ccc(CBr)c2c1CC2)(C(C)C)C(C)C. The number of alkyl halides is 1. The molecular formula is C20H29BrSi. The lowest BCUT2D eigenvalue weighted by molar-refractivity contribution is 0.822. The molecule has 0 aliphatic heterocycles. The van der Waals surface area contributed by atoms with Crippen LogP contribution in [0, 0.1) is 11.5 Å². The Morgan fingerprint density at radius 3 is 1.91 bits per heavy atom. The first-order valence-corrected chi connectivity index (χ1v) is 11.9. The summed E-state index contributed by atoms with van der Waals surface area (Å²) in [6, 6.07) is 4.52. The Hall–Kier alpha value is -0.523. The first kappa shape index (κ1) is 17.8. The third-order valence-corrected chi connectivity index (χ3v) is 12.5. The lowest BCUT2D eigenvalue weighted by Gasteiger charge is -2.38.